The standard InChI is InChI=1S/C20H21F4N5O4S/c1-9(29-3-2-19(21,22)11(8-29)10-6-25-17(31)26-7-10)16(30)28-18-27-12-4-13-14(5-15(12)34-18)33-20(23,24)32-13/h4-5,9-11H,2-3,6-8H2,1H3,(H2,25,26,31)(H,27,28,30)/t9-,11+/m0/s1. The molecule has 2 fully saturated rings. The molecule has 0 saturated carbocycles. The summed E-state index contributed by atoms with van der Waals surface area (Å²) in [5.41, 5.74) is 0.345. The summed E-state index contributed by atoms with van der Waals surface area (Å²) in [4.78, 5) is 30.1. The van der Waals surface area contributed by atoms with Gasteiger partial charge in [-0.3, -0.25) is 9.69 Å². The second-order valence-corrected chi connectivity index (χ2v) is 9.61. The number of amides is 3. The van der Waals surface area contributed by atoms with E-state index in [-0.39, 0.29) is 48.8 Å². The summed E-state index contributed by atoms with van der Waals surface area (Å²) in [7, 11) is 0. The Kier molecular flexibility index (Phi) is 5.47. The number of anilines is 1. The lowest BCUT2D eigenvalue weighted by Gasteiger charge is -2.44. The third-order valence-corrected chi connectivity index (χ3v) is 7.33. The maximum absolute atomic E-state index is 14.7. The summed E-state index contributed by atoms with van der Waals surface area (Å²) in [5.74, 6) is -5.09. The van der Waals surface area contributed by atoms with Gasteiger partial charge in [-0.05, 0) is 6.92 Å². The molecule has 1 aromatic heterocycles. The molecule has 34 heavy (non-hydrogen) atoms. The van der Waals surface area contributed by atoms with Gasteiger partial charge in [0.25, 0.3) is 5.92 Å². The van der Waals surface area contributed by atoms with Gasteiger partial charge in [0.15, 0.2) is 16.6 Å². The topological polar surface area (TPSA) is 105 Å². The number of nitrogens with zero attached hydrogens (tertiary/aromatic N) is 2. The highest BCUT2D eigenvalue weighted by molar-refractivity contribution is 7.22. The zero-order chi connectivity index (χ0) is 24.3. The highest BCUT2D eigenvalue weighted by Crippen LogP contribution is 2.45. The molecule has 184 valence electrons. The molecule has 2 atom stereocenters. The second kappa shape index (κ2) is 8.12. The number of hydrogen-bond acceptors (Lipinski definition) is 7. The number of likely N-dealkylation sites (tertiary alicyclic amines) is 1. The molecule has 4 heterocycles. The van der Waals surface area contributed by atoms with Gasteiger partial charge >= 0.3 is 12.3 Å². The number of carbonyl (C=O) groups is 2. The largest absolute Gasteiger partial charge is 0.586 e. The Hall–Kier alpha value is -2.87. The van der Waals surface area contributed by atoms with Crippen LogP contribution in [-0.4, -0.2) is 66.3 Å². The number of alkyl halides is 4. The van der Waals surface area contributed by atoms with E-state index in [0.29, 0.717) is 10.2 Å². The van der Waals surface area contributed by atoms with Gasteiger partial charge < -0.3 is 25.4 Å². The first kappa shape index (κ1) is 22.9. The number of nitrogens with one attached hydrogen (secondary N) is 3. The molecule has 2 aromatic rings. The van der Waals surface area contributed by atoms with Crippen LogP contribution in [0.2, 0.25) is 0 Å². The van der Waals surface area contributed by atoms with Crippen LogP contribution in [0.25, 0.3) is 10.2 Å². The van der Waals surface area contributed by atoms with Crippen LogP contribution >= 0.6 is 11.3 Å². The number of hydrogen-bond donors (Lipinski definition) is 3. The summed E-state index contributed by atoms with van der Waals surface area (Å²) in [6, 6.07) is 1.56. The number of piperidine rings is 1. The molecule has 3 aliphatic rings. The van der Waals surface area contributed by atoms with Gasteiger partial charge in [-0.25, -0.2) is 18.6 Å². The summed E-state index contributed by atoms with van der Waals surface area (Å²) in [5, 5.41) is 8.02. The van der Waals surface area contributed by atoms with Crippen molar-refractivity contribution < 1.29 is 36.6 Å². The number of halogens is 4. The van der Waals surface area contributed by atoms with Crippen molar-refractivity contribution in [2.75, 3.05) is 31.5 Å². The highest BCUT2D eigenvalue weighted by atomic mass is 32.1. The van der Waals surface area contributed by atoms with Crippen LogP contribution in [0.4, 0.5) is 27.5 Å². The van der Waals surface area contributed by atoms with Crippen LogP contribution in [0.5, 0.6) is 11.5 Å². The third kappa shape index (κ3) is 4.31. The Balaban J connectivity index is 1.26. The quantitative estimate of drug-likeness (QED) is 0.555. The van der Waals surface area contributed by atoms with Gasteiger partial charge in [0.1, 0.15) is 0 Å². The van der Waals surface area contributed by atoms with E-state index in [4.69, 9.17) is 0 Å². The van der Waals surface area contributed by atoms with Crippen LogP contribution in [-0.2, 0) is 4.79 Å². The molecule has 5 rings (SSSR count). The van der Waals surface area contributed by atoms with Crippen molar-refractivity contribution in [1.29, 1.82) is 0 Å². The van der Waals surface area contributed by atoms with Gasteiger partial charge in [0.2, 0.25) is 5.91 Å². The van der Waals surface area contributed by atoms with Crippen LogP contribution in [0.15, 0.2) is 12.1 Å². The van der Waals surface area contributed by atoms with Gasteiger partial charge in [-0.1, -0.05) is 11.3 Å². The maximum Gasteiger partial charge on any atom is 0.586 e. The summed E-state index contributed by atoms with van der Waals surface area (Å²) in [6.45, 7) is 1.97. The third-order valence-electron chi connectivity index (χ3n) is 6.39. The van der Waals surface area contributed by atoms with Crippen LogP contribution in [0.3, 0.4) is 0 Å². The van der Waals surface area contributed by atoms with E-state index >= 15 is 0 Å². The van der Waals surface area contributed by atoms with Crippen molar-refractivity contribution in [2.45, 2.75) is 31.6 Å². The minimum atomic E-state index is -3.74. The van der Waals surface area contributed by atoms with Crippen molar-refractivity contribution in [1.82, 2.24) is 20.5 Å². The minimum absolute atomic E-state index is 0.000736. The molecule has 9 nitrogen and oxygen atoms in total. The molecular weight excluding hydrogens is 482 g/mol. The smallest absolute Gasteiger partial charge is 0.395 e. The number of aromatic nitrogens is 1. The minimum Gasteiger partial charge on any atom is -0.395 e. The molecular formula is C20H21F4N5O4S. The zero-order valence-electron chi connectivity index (χ0n) is 17.9. The Bertz CT molecular complexity index is 1090. The van der Waals surface area contributed by atoms with Gasteiger partial charge in [-0.2, -0.15) is 0 Å². The number of rotatable bonds is 4. The summed E-state index contributed by atoms with van der Waals surface area (Å²) >= 11 is 1.07. The lowest BCUT2D eigenvalue weighted by atomic mass is 9.81. The van der Waals surface area contributed by atoms with Crippen LogP contribution in [0, 0.1) is 11.8 Å². The molecule has 3 aliphatic heterocycles. The molecule has 0 aliphatic carbocycles. The van der Waals surface area contributed by atoms with Gasteiger partial charge in [0.05, 0.1) is 16.3 Å². The molecule has 3 amide bonds. The van der Waals surface area contributed by atoms with E-state index in [1.54, 1.807) is 11.8 Å². The Morgan fingerprint density at radius 3 is 2.62 bits per heavy atom. The first-order valence-electron chi connectivity index (χ1n) is 10.7. The van der Waals surface area contributed by atoms with Crippen LogP contribution < -0.4 is 25.4 Å². The average Bonchev–Trinajstić information content (AvgIpc) is 3.28. The van der Waals surface area contributed by atoms with Crippen molar-refractivity contribution in [3.63, 3.8) is 0 Å². The molecule has 14 heteroatoms. The van der Waals surface area contributed by atoms with E-state index in [9.17, 15) is 27.2 Å². The van der Waals surface area contributed by atoms with E-state index in [0.717, 1.165) is 11.3 Å². The molecule has 0 unspecified atom stereocenters. The second-order valence-electron chi connectivity index (χ2n) is 8.58. The number of ether oxygens (including phenoxy) is 2. The Morgan fingerprint density at radius 1 is 1.24 bits per heavy atom. The molecule has 0 spiro atoms. The van der Waals surface area contributed by atoms with E-state index in [1.807, 2.05) is 0 Å². The van der Waals surface area contributed by atoms with Crippen molar-refractivity contribution in [2.24, 2.45) is 11.8 Å². The molecule has 2 saturated heterocycles. The summed E-state index contributed by atoms with van der Waals surface area (Å²) < 4.78 is 65.1. The highest BCUT2D eigenvalue weighted by Gasteiger charge is 2.49. The first-order chi connectivity index (χ1) is 16.0. The van der Waals surface area contributed by atoms with E-state index < -0.39 is 42.4 Å². The predicted octanol–water partition coefficient (Wildman–Crippen LogP) is 2.83. The lowest BCUT2D eigenvalue weighted by molar-refractivity contribution is -0.286. The lowest BCUT2D eigenvalue weighted by Crippen LogP contribution is -2.59. The normalized spacial score (nSPS) is 25.0. The van der Waals surface area contributed by atoms with E-state index in [1.165, 1.54) is 12.1 Å². The zero-order valence-corrected chi connectivity index (χ0v) is 18.7. The summed E-state index contributed by atoms with van der Waals surface area (Å²) in [6.07, 6.45) is -4.13. The number of carbonyl (C=O) groups excluding carboxylic acids is 2. The predicted molar refractivity (Wildman–Crippen MR) is 113 cm³/mol. The van der Waals surface area contributed by atoms with Crippen molar-refractivity contribution >= 4 is 38.6 Å². The fraction of sp³-hybridized carbons (Fsp3) is 0.550. The molecule has 0 radical (unpaired) electrons. The monoisotopic (exact) mass is 503 g/mol. The first-order valence-corrected chi connectivity index (χ1v) is 11.5. The van der Waals surface area contributed by atoms with E-state index in [2.05, 4.69) is 30.4 Å². The number of thiazole rings is 1. The average molecular weight is 503 g/mol. The van der Waals surface area contributed by atoms with Crippen molar-refractivity contribution in [3.05, 3.63) is 12.1 Å². The molecule has 1 aromatic carbocycles. The number of urea groups is 1. The Morgan fingerprint density at radius 2 is 1.91 bits per heavy atom. The molecule has 0 bridgehead atoms. The fourth-order valence-corrected chi connectivity index (χ4v) is 5.35. The SMILES string of the molecule is C[C@@H](C(=O)Nc1nc2cc3c(cc2s1)OC(F)(F)O3)N1CCC(F)(F)[C@@H](C2CNC(=O)NC2)C1. The number of fused-ring (bicyclic) bond motifs is 2. The fourth-order valence-electron chi connectivity index (χ4n) is 4.47. The van der Waals surface area contributed by atoms with Gasteiger partial charge in [0, 0.05) is 56.6 Å². The maximum atomic E-state index is 14.7. The van der Waals surface area contributed by atoms with Gasteiger partial charge in [-0.15, -0.1) is 8.78 Å². The van der Waals surface area contributed by atoms with Crippen molar-refractivity contribution in [3.8, 4) is 11.5 Å². The molecule has 3 N–H and O–H groups in total. The Labute approximate surface area is 194 Å². The van der Waals surface area contributed by atoms with Crippen LogP contribution in [0.1, 0.15) is 13.3 Å². The number of benzene rings is 1.